The van der Waals surface area contributed by atoms with Gasteiger partial charge in [0, 0.05) is 0 Å². The first-order valence-electron chi connectivity index (χ1n) is 13.7. The van der Waals surface area contributed by atoms with Crippen molar-refractivity contribution in [1.29, 1.82) is 0 Å². The van der Waals surface area contributed by atoms with Crippen LogP contribution in [0.5, 0.6) is 17.2 Å². The Bertz CT molecular complexity index is 1070. The lowest BCUT2D eigenvalue weighted by Gasteiger charge is -2.08. The molecule has 0 radical (unpaired) electrons. The molecule has 4 heteroatoms. The highest BCUT2D eigenvalue weighted by Crippen LogP contribution is 2.19. The highest BCUT2D eigenvalue weighted by atomic mass is 16.5. The number of unbranched alkanes of at least 4 members (excludes halogenated alkanes) is 9. The van der Waals surface area contributed by atoms with E-state index in [2.05, 4.69) is 6.92 Å². The lowest BCUT2D eigenvalue weighted by molar-refractivity contribution is 0.0734. The zero-order valence-corrected chi connectivity index (χ0v) is 22.0. The van der Waals surface area contributed by atoms with Crippen molar-refractivity contribution in [2.45, 2.75) is 71.1 Å². The van der Waals surface area contributed by atoms with Gasteiger partial charge < -0.3 is 14.6 Å². The second-order valence-corrected chi connectivity index (χ2v) is 9.44. The molecule has 0 atom stereocenters. The molecule has 1 N–H and O–H groups in total. The minimum atomic E-state index is -0.395. The highest BCUT2D eigenvalue weighted by Gasteiger charge is 2.09. The summed E-state index contributed by atoms with van der Waals surface area (Å²) in [5.74, 6) is 1.12. The van der Waals surface area contributed by atoms with E-state index in [1.54, 1.807) is 36.4 Å². The molecule has 0 aromatic heterocycles. The van der Waals surface area contributed by atoms with Gasteiger partial charge >= 0.3 is 5.97 Å². The molecule has 0 fully saturated rings. The van der Waals surface area contributed by atoms with Crippen LogP contribution >= 0.6 is 0 Å². The molecule has 0 aliphatic carbocycles. The lowest BCUT2D eigenvalue weighted by atomic mass is 10.1. The van der Waals surface area contributed by atoms with Gasteiger partial charge in [-0.15, -0.1) is 0 Å². The Labute approximate surface area is 222 Å². The van der Waals surface area contributed by atoms with Crippen LogP contribution in [0.1, 0.15) is 92.6 Å². The fourth-order valence-corrected chi connectivity index (χ4v) is 4.06. The molecular weight excluding hydrogens is 460 g/mol. The summed E-state index contributed by atoms with van der Waals surface area (Å²) in [4.78, 5) is 12.5. The predicted octanol–water partition coefficient (Wildman–Crippen LogP) is 9.08. The number of phenolic OH excluding ortho intramolecular Hbond substituents is 1. The van der Waals surface area contributed by atoms with Gasteiger partial charge in [-0.3, -0.25) is 0 Å². The third-order valence-corrected chi connectivity index (χ3v) is 6.31. The molecule has 4 nitrogen and oxygen atoms in total. The van der Waals surface area contributed by atoms with Crippen molar-refractivity contribution in [3.8, 4) is 17.2 Å². The number of phenols is 1. The van der Waals surface area contributed by atoms with Gasteiger partial charge in [0.2, 0.25) is 0 Å². The van der Waals surface area contributed by atoms with Crippen LogP contribution in [0, 0.1) is 0 Å². The van der Waals surface area contributed by atoms with Crippen molar-refractivity contribution in [3.05, 3.63) is 89.5 Å². The average molecular weight is 501 g/mol. The number of carbonyl (C=O) groups is 1. The summed E-state index contributed by atoms with van der Waals surface area (Å²) in [6, 6.07) is 21.5. The minimum Gasteiger partial charge on any atom is -0.508 e. The normalized spacial score (nSPS) is 11.1. The lowest BCUT2D eigenvalue weighted by Crippen LogP contribution is -2.08. The van der Waals surface area contributed by atoms with Gasteiger partial charge in [0.05, 0.1) is 12.2 Å². The summed E-state index contributed by atoms with van der Waals surface area (Å²) in [6.45, 7) is 2.96. The second kappa shape index (κ2) is 16.3. The molecule has 0 aliphatic heterocycles. The van der Waals surface area contributed by atoms with Crippen LogP contribution in [-0.2, 0) is 0 Å². The van der Waals surface area contributed by atoms with E-state index in [1.807, 2.05) is 48.6 Å². The Morgan fingerprint density at radius 1 is 0.649 bits per heavy atom. The van der Waals surface area contributed by atoms with E-state index in [-0.39, 0.29) is 5.75 Å². The Hall–Kier alpha value is -3.53. The molecule has 0 unspecified atom stereocenters. The first kappa shape index (κ1) is 28.0. The molecule has 0 aliphatic rings. The molecule has 0 bridgehead atoms. The largest absolute Gasteiger partial charge is 0.508 e. The van der Waals surface area contributed by atoms with Gasteiger partial charge in [-0.2, -0.15) is 0 Å². The number of rotatable bonds is 16. The van der Waals surface area contributed by atoms with E-state index >= 15 is 0 Å². The van der Waals surface area contributed by atoms with Crippen LogP contribution in [0.2, 0.25) is 0 Å². The number of hydrogen-bond acceptors (Lipinski definition) is 4. The number of hydrogen-bond donors (Lipinski definition) is 1. The average Bonchev–Trinajstić information content (AvgIpc) is 2.92. The van der Waals surface area contributed by atoms with E-state index in [0.717, 1.165) is 23.3 Å². The molecule has 196 valence electrons. The van der Waals surface area contributed by atoms with Crippen molar-refractivity contribution in [2.24, 2.45) is 0 Å². The standard InChI is InChI=1S/C33H40O4/c1-2-3-4-5-6-7-8-9-10-11-26-36-31-24-18-29(19-25-31)33(35)37-32-22-16-28(17-23-32)13-12-27-14-20-30(34)21-15-27/h12-25,34H,2-11,26H2,1H3. The van der Waals surface area contributed by atoms with Gasteiger partial charge in [0.15, 0.2) is 0 Å². The molecule has 0 saturated heterocycles. The maximum atomic E-state index is 12.5. The van der Waals surface area contributed by atoms with Crippen molar-refractivity contribution in [2.75, 3.05) is 6.61 Å². The van der Waals surface area contributed by atoms with E-state index in [4.69, 9.17) is 9.47 Å². The Morgan fingerprint density at radius 2 is 1.14 bits per heavy atom. The molecular formula is C33H40O4. The summed E-state index contributed by atoms with van der Waals surface area (Å²) in [6.07, 6.45) is 16.9. The van der Waals surface area contributed by atoms with Crippen LogP contribution in [0.3, 0.4) is 0 Å². The minimum absolute atomic E-state index is 0.245. The zero-order chi connectivity index (χ0) is 26.1. The van der Waals surface area contributed by atoms with Gasteiger partial charge in [-0.25, -0.2) is 4.79 Å². The molecule has 0 saturated carbocycles. The fraction of sp³-hybridized carbons (Fsp3) is 0.364. The molecule has 3 aromatic rings. The number of benzene rings is 3. The van der Waals surface area contributed by atoms with E-state index < -0.39 is 5.97 Å². The van der Waals surface area contributed by atoms with E-state index in [9.17, 15) is 9.90 Å². The summed E-state index contributed by atoms with van der Waals surface area (Å²) in [5.41, 5.74) is 2.46. The van der Waals surface area contributed by atoms with Crippen LogP contribution in [0.15, 0.2) is 72.8 Å². The maximum Gasteiger partial charge on any atom is 0.343 e. The SMILES string of the molecule is CCCCCCCCCCCCOc1ccc(C(=O)Oc2ccc(C=Cc3ccc(O)cc3)cc2)cc1. The van der Waals surface area contributed by atoms with Crippen molar-refractivity contribution in [3.63, 3.8) is 0 Å². The zero-order valence-electron chi connectivity index (χ0n) is 22.0. The number of esters is 1. The van der Waals surface area contributed by atoms with Gasteiger partial charge in [-0.05, 0) is 66.1 Å². The fourth-order valence-electron chi connectivity index (χ4n) is 4.06. The summed E-state index contributed by atoms with van der Waals surface area (Å²) < 4.78 is 11.3. The Morgan fingerprint density at radius 3 is 1.70 bits per heavy atom. The van der Waals surface area contributed by atoms with Crippen molar-refractivity contribution >= 4 is 18.1 Å². The first-order chi connectivity index (χ1) is 18.1. The van der Waals surface area contributed by atoms with Gasteiger partial charge in [0.25, 0.3) is 0 Å². The number of carbonyl (C=O) groups excluding carboxylic acids is 1. The monoisotopic (exact) mass is 500 g/mol. The quantitative estimate of drug-likeness (QED) is 0.0922. The Balaban J connectivity index is 1.33. The van der Waals surface area contributed by atoms with E-state index in [1.165, 1.54) is 57.8 Å². The number of aromatic hydroxyl groups is 1. The molecule has 0 heterocycles. The molecule has 3 aromatic carbocycles. The summed E-state index contributed by atoms with van der Waals surface area (Å²) >= 11 is 0. The first-order valence-corrected chi connectivity index (χ1v) is 13.7. The second-order valence-electron chi connectivity index (χ2n) is 9.44. The maximum absolute atomic E-state index is 12.5. The van der Waals surface area contributed by atoms with Gasteiger partial charge in [0.1, 0.15) is 17.2 Å². The van der Waals surface area contributed by atoms with Crippen molar-refractivity contribution < 1.29 is 19.4 Å². The summed E-state index contributed by atoms with van der Waals surface area (Å²) in [7, 11) is 0. The van der Waals surface area contributed by atoms with Crippen LogP contribution < -0.4 is 9.47 Å². The van der Waals surface area contributed by atoms with Gasteiger partial charge in [-0.1, -0.05) is 101 Å². The van der Waals surface area contributed by atoms with E-state index in [0.29, 0.717) is 17.9 Å². The van der Waals surface area contributed by atoms with Crippen LogP contribution in [-0.4, -0.2) is 17.7 Å². The Kier molecular flexibility index (Phi) is 12.3. The molecule has 3 rings (SSSR count). The third-order valence-electron chi connectivity index (χ3n) is 6.31. The van der Waals surface area contributed by atoms with Crippen LogP contribution in [0.4, 0.5) is 0 Å². The smallest absolute Gasteiger partial charge is 0.343 e. The molecule has 0 spiro atoms. The topological polar surface area (TPSA) is 55.8 Å². The number of ether oxygens (including phenoxy) is 2. The predicted molar refractivity (Wildman–Crippen MR) is 152 cm³/mol. The molecule has 0 amide bonds. The highest BCUT2D eigenvalue weighted by molar-refractivity contribution is 5.91. The molecule has 37 heavy (non-hydrogen) atoms. The van der Waals surface area contributed by atoms with Crippen molar-refractivity contribution in [1.82, 2.24) is 0 Å². The summed E-state index contributed by atoms with van der Waals surface area (Å²) in [5, 5.41) is 9.37. The van der Waals surface area contributed by atoms with Crippen LogP contribution in [0.25, 0.3) is 12.2 Å². The third kappa shape index (κ3) is 10.9.